The van der Waals surface area contributed by atoms with Crippen molar-refractivity contribution >= 4 is 29.8 Å². The number of aliphatic hydroxyl groups is 2. The van der Waals surface area contributed by atoms with Crippen LogP contribution in [0.25, 0.3) is 6.08 Å². The number of ether oxygens (including phenoxy) is 5. The smallest absolute Gasteiger partial charge is 0.338 e. The van der Waals surface area contributed by atoms with Crippen LogP contribution in [0.3, 0.4) is 0 Å². The summed E-state index contributed by atoms with van der Waals surface area (Å²) in [5, 5.41) is 26.0. The van der Waals surface area contributed by atoms with E-state index >= 15 is 0 Å². The zero-order chi connectivity index (χ0) is 45.8. The molecule has 1 spiro atoms. The van der Waals surface area contributed by atoms with Gasteiger partial charge in [-0.3, -0.25) is 14.4 Å². The summed E-state index contributed by atoms with van der Waals surface area (Å²) in [6.07, 6.45) is 6.69. The van der Waals surface area contributed by atoms with E-state index < -0.39 is 78.2 Å². The summed E-state index contributed by atoms with van der Waals surface area (Å²) >= 11 is 0. The van der Waals surface area contributed by atoms with Crippen molar-refractivity contribution in [2.75, 3.05) is 6.61 Å². The Morgan fingerprint density at radius 1 is 0.969 bits per heavy atom. The Bertz CT molecular complexity index is 2160. The van der Waals surface area contributed by atoms with Gasteiger partial charge in [0.1, 0.15) is 30.0 Å². The third-order valence-corrected chi connectivity index (χ3v) is 14.4. The van der Waals surface area contributed by atoms with E-state index in [9.17, 15) is 29.4 Å². The molecule has 10 atom stereocenters. The second-order valence-corrected chi connectivity index (χ2v) is 21.0. The van der Waals surface area contributed by atoms with Crippen LogP contribution in [0, 0.1) is 17.3 Å². The Morgan fingerprint density at radius 2 is 1.70 bits per heavy atom. The topological polar surface area (TPSA) is 182 Å². The Morgan fingerprint density at radius 3 is 2.38 bits per heavy atom. The lowest BCUT2D eigenvalue weighted by molar-refractivity contribution is -0.172. The zero-order valence-electron chi connectivity index (χ0n) is 38.3. The molecular formula is C51H66N2O11. The lowest BCUT2D eigenvalue weighted by atomic mass is 9.52. The summed E-state index contributed by atoms with van der Waals surface area (Å²) in [6, 6.07) is 13.2. The highest BCUT2D eigenvalue weighted by molar-refractivity contribution is 5.98. The van der Waals surface area contributed by atoms with Crippen LogP contribution in [0.1, 0.15) is 127 Å². The summed E-state index contributed by atoms with van der Waals surface area (Å²) in [6.45, 7) is 13.1. The van der Waals surface area contributed by atoms with Gasteiger partial charge in [0, 0.05) is 31.3 Å². The molecule has 6 aliphatic rings. The number of hydrogen-bond donors (Lipinski definition) is 4. The van der Waals surface area contributed by atoms with Crippen LogP contribution in [0.15, 0.2) is 65.8 Å². The van der Waals surface area contributed by atoms with Gasteiger partial charge in [-0.05, 0) is 125 Å². The molecule has 4 fully saturated rings. The zero-order valence-corrected chi connectivity index (χ0v) is 38.3. The highest BCUT2D eigenvalue weighted by atomic mass is 16.8. The lowest BCUT2D eigenvalue weighted by Crippen LogP contribution is -2.55. The molecule has 4 N–H and O–H groups in total. The molecule has 2 amide bonds. The largest absolute Gasteiger partial charge is 0.460 e. The first kappa shape index (κ1) is 46.1. The number of allylic oxidation sites excluding steroid dienone is 1. The summed E-state index contributed by atoms with van der Waals surface area (Å²) in [5.74, 6) is -2.40. The maximum Gasteiger partial charge on any atom is 0.338 e. The molecule has 2 aromatic carbocycles. The Balaban J connectivity index is 0.988. The van der Waals surface area contributed by atoms with Crippen molar-refractivity contribution in [3.63, 3.8) is 0 Å². The fourth-order valence-electron chi connectivity index (χ4n) is 10.9. The minimum Gasteiger partial charge on any atom is -0.460 e. The number of hydrogen-bond acceptors (Lipinski definition) is 11. The van der Waals surface area contributed by atoms with Crippen molar-refractivity contribution in [3.05, 3.63) is 88.0 Å². The van der Waals surface area contributed by atoms with Crippen LogP contribution in [-0.2, 0) is 50.9 Å². The van der Waals surface area contributed by atoms with E-state index in [2.05, 4.69) is 37.5 Å². The first-order valence-corrected chi connectivity index (χ1v) is 23.2. The van der Waals surface area contributed by atoms with Gasteiger partial charge in [-0.15, -0.1) is 0 Å². The molecule has 346 valence electrons. The highest BCUT2D eigenvalue weighted by Gasteiger charge is 2.57. The monoisotopic (exact) mass is 882 g/mol. The predicted octanol–water partition coefficient (Wildman–Crippen LogP) is 6.06. The normalized spacial score (nSPS) is 30.6. The number of amides is 2. The average molecular weight is 883 g/mol. The molecule has 8 rings (SSSR count). The third kappa shape index (κ3) is 10.0. The van der Waals surface area contributed by atoms with Crippen molar-refractivity contribution in [2.45, 2.75) is 172 Å². The quantitative estimate of drug-likeness (QED) is 0.144. The Hall–Kier alpha value is -4.40. The molecule has 4 aliphatic carbocycles. The van der Waals surface area contributed by atoms with Crippen LogP contribution in [0.5, 0.6) is 0 Å². The third-order valence-electron chi connectivity index (χ3n) is 14.4. The van der Waals surface area contributed by atoms with Gasteiger partial charge in [-0.2, -0.15) is 0 Å². The maximum atomic E-state index is 14.2. The van der Waals surface area contributed by atoms with Crippen molar-refractivity contribution in [3.8, 4) is 0 Å². The molecule has 2 saturated heterocycles. The summed E-state index contributed by atoms with van der Waals surface area (Å²) < 4.78 is 31.2. The van der Waals surface area contributed by atoms with E-state index in [1.807, 2.05) is 42.5 Å². The van der Waals surface area contributed by atoms with Crippen molar-refractivity contribution in [1.29, 1.82) is 0 Å². The van der Waals surface area contributed by atoms with Crippen LogP contribution in [0.4, 0.5) is 0 Å². The van der Waals surface area contributed by atoms with Gasteiger partial charge in [-0.25, -0.2) is 4.79 Å². The van der Waals surface area contributed by atoms with Gasteiger partial charge in [0.2, 0.25) is 11.8 Å². The number of aliphatic hydroxyl groups excluding tert-OH is 2. The number of nitrogens with one attached hydrogen (secondary N) is 2. The second kappa shape index (κ2) is 17.8. The minimum atomic E-state index is -1.42. The highest BCUT2D eigenvalue weighted by Crippen LogP contribution is 2.60. The van der Waals surface area contributed by atoms with Crippen LogP contribution in [-0.4, -0.2) is 100 Å². The van der Waals surface area contributed by atoms with Crippen LogP contribution >= 0.6 is 0 Å². The SMILES string of the molecule is CC(O)C(NC(=O)C1=CC2OC3(Cc4ccccc4C3)OC2C(OC(=O)c2cccc(C=C3CCC4OC4(C)CCC4C3CC4(C)C)c2)C1)C(=O)NC(CO)CCC(=O)OC(C)(C)C. The number of rotatable bonds is 12. The van der Waals surface area contributed by atoms with Gasteiger partial charge in [-0.1, -0.05) is 61.9 Å². The molecule has 2 heterocycles. The van der Waals surface area contributed by atoms with E-state index in [0.717, 1.165) is 48.8 Å². The standard InChI is InChI=1S/C51H66N2O11/c1-29(55)43(46(58)52-36(28-54)16-18-42(56)63-48(2,3)4)53-45(57)35-23-39(44-40(24-35)61-51(64-44)25-33-12-8-9-13-34(33)26-51)60-47(59)32-14-10-11-30(22-32)21-31-15-17-41-50(7,62-41)20-19-38-37(31)27-49(38,5)6/h8-14,21-22,24,29,36-41,43-44,54-55H,15-20,23,25-28H2,1-7H3,(H,52,58)(H,53,57). The van der Waals surface area contributed by atoms with E-state index in [-0.39, 0.29) is 42.0 Å². The van der Waals surface area contributed by atoms with Crippen LogP contribution in [0.2, 0.25) is 0 Å². The molecule has 0 radical (unpaired) electrons. The molecule has 2 aromatic rings. The number of epoxide rings is 1. The minimum absolute atomic E-state index is 0.0122. The lowest BCUT2D eigenvalue weighted by Gasteiger charge is -2.53. The molecule has 13 nitrogen and oxygen atoms in total. The van der Waals surface area contributed by atoms with E-state index in [0.29, 0.717) is 30.2 Å². The van der Waals surface area contributed by atoms with Gasteiger partial charge in [0.25, 0.3) is 0 Å². The summed E-state index contributed by atoms with van der Waals surface area (Å²) in [7, 11) is 0. The van der Waals surface area contributed by atoms with E-state index in [4.69, 9.17) is 23.7 Å². The molecule has 2 saturated carbocycles. The number of esters is 2. The van der Waals surface area contributed by atoms with E-state index in [1.54, 1.807) is 32.9 Å². The molecule has 2 aliphatic heterocycles. The van der Waals surface area contributed by atoms with Gasteiger partial charge in [0.15, 0.2) is 5.79 Å². The maximum absolute atomic E-state index is 14.2. The molecule has 0 bridgehead atoms. The Kier molecular flexibility index (Phi) is 12.8. The van der Waals surface area contributed by atoms with Gasteiger partial charge >= 0.3 is 11.9 Å². The Labute approximate surface area is 376 Å². The van der Waals surface area contributed by atoms with E-state index in [1.165, 1.54) is 12.5 Å². The second-order valence-electron chi connectivity index (χ2n) is 21.0. The molecule has 64 heavy (non-hydrogen) atoms. The first-order valence-electron chi connectivity index (χ1n) is 23.2. The van der Waals surface area contributed by atoms with Crippen molar-refractivity contribution < 1.29 is 53.1 Å². The van der Waals surface area contributed by atoms with Crippen molar-refractivity contribution in [2.24, 2.45) is 17.3 Å². The molecule has 0 aromatic heterocycles. The first-order chi connectivity index (χ1) is 30.2. The summed E-state index contributed by atoms with van der Waals surface area (Å²) in [4.78, 5) is 54.1. The van der Waals surface area contributed by atoms with Crippen LogP contribution < -0.4 is 10.6 Å². The number of carbonyl (C=O) groups is 4. The number of fused-ring (bicyclic) bond motifs is 4. The van der Waals surface area contributed by atoms with Crippen molar-refractivity contribution in [1.82, 2.24) is 10.6 Å². The fourth-order valence-corrected chi connectivity index (χ4v) is 10.9. The summed E-state index contributed by atoms with van der Waals surface area (Å²) in [5.41, 5.74) is 4.65. The average Bonchev–Trinajstić information content (AvgIpc) is 3.51. The van der Waals surface area contributed by atoms with Gasteiger partial charge in [0.05, 0.1) is 36.0 Å². The predicted molar refractivity (Wildman–Crippen MR) is 237 cm³/mol. The molecule has 13 heteroatoms. The number of carbonyl (C=O) groups excluding carboxylic acids is 4. The molecular weight excluding hydrogens is 817 g/mol. The fraction of sp³-hybridized carbons (Fsp3) is 0.608. The van der Waals surface area contributed by atoms with Gasteiger partial charge < -0.3 is 44.5 Å². The molecule has 10 unspecified atom stereocenters. The number of benzene rings is 2.